The van der Waals surface area contributed by atoms with E-state index < -0.39 is 10.8 Å². The van der Waals surface area contributed by atoms with E-state index in [0.29, 0.717) is 19.7 Å². The van der Waals surface area contributed by atoms with E-state index in [-0.39, 0.29) is 29.6 Å². The number of likely N-dealkylation sites (tertiary alicyclic amines) is 1. The summed E-state index contributed by atoms with van der Waals surface area (Å²) in [6, 6.07) is 5.92. The van der Waals surface area contributed by atoms with Crippen LogP contribution >= 0.6 is 0 Å². The number of nitro groups is 1. The second kappa shape index (κ2) is 6.99. The van der Waals surface area contributed by atoms with E-state index >= 15 is 0 Å². The summed E-state index contributed by atoms with van der Waals surface area (Å²) in [5.74, 6) is -1.01. The van der Waals surface area contributed by atoms with Crippen molar-refractivity contribution in [2.45, 2.75) is 6.42 Å². The number of benzene rings is 1. The predicted molar refractivity (Wildman–Crippen MR) is 78.3 cm³/mol. The van der Waals surface area contributed by atoms with Gasteiger partial charge in [-0.05, 0) is 6.07 Å². The van der Waals surface area contributed by atoms with Crippen molar-refractivity contribution in [3.63, 3.8) is 0 Å². The minimum absolute atomic E-state index is 0.107. The van der Waals surface area contributed by atoms with Crippen LogP contribution in [0.1, 0.15) is 6.42 Å². The molecule has 1 aromatic carbocycles. The number of ether oxygens (including phenoxy) is 1. The molecule has 0 aromatic heterocycles. The number of amides is 2. The summed E-state index contributed by atoms with van der Waals surface area (Å²) in [7, 11) is 1.54. The van der Waals surface area contributed by atoms with E-state index in [1.807, 2.05) is 0 Å². The van der Waals surface area contributed by atoms with Crippen molar-refractivity contribution < 1.29 is 19.2 Å². The Hall–Kier alpha value is -2.48. The average Bonchev–Trinajstić information content (AvgIpc) is 2.86. The molecule has 1 heterocycles. The third-order valence-corrected chi connectivity index (χ3v) is 3.51. The fourth-order valence-corrected chi connectivity index (χ4v) is 2.34. The zero-order valence-corrected chi connectivity index (χ0v) is 12.2. The molecule has 1 unspecified atom stereocenters. The van der Waals surface area contributed by atoms with Gasteiger partial charge in [-0.25, -0.2) is 0 Å². The lowest BCUT2D eigenvalue weighted by Crippen LogP contribution is -2.30. The van der Waals surface area contributed by atoms with Crippen LogP contribution in [0.2, 0.25) is 0 Å². The molecule has 0 saturated carbocycles. The molecule has 1 aromatic rings. The number of nitro benzene ring substituents is 1. The first-order chi connectivity index (χ1) is 10.5. The lowest BCUT2D eigenvalue weighted by Gasteiger charge is -2.15. The molecule has 2 amide bonds. The molecule has 0 radical (unpaired) electrons. The van der Waals surface area contributed by atoms with Crippen LogP contribution in [-0.2, 0) is 14.3 Å². The number of carbonyl (C=O) groups is 2. The highest BCUT2D eigenvalue weighted by Gasteiger charge is 2.34. The zero-order valence-electron chi connectivity index (χ0n) is 12.2. The van der Waals surface area contributed by atoms with E-state index in [1.54, 1.807) is 18.1 Å². The highest BCUT2D eigenvalue weighted by Crippen LogP contribution is 2.25. The van der Waals surface area contributed by atoms with Crippen LogP contribution in [0.4, 0.5) is 11.4 Å². The van der Waals surface area contributed by atoms with Crippen LogP contribution in [0.15, 0.2) is 24.3 Å². The SMILES string of the molecule is COCCN1CC(C(=O)Nc2ccccc2[N+](=O)[O-])CC1=O. The first-order valence-electron chi connectivity index (χ1n) is 6.84. The number of hydrogen-bond acceptors (Lipinski definition) is 5. The standard InChI is InChI=1S/C14H17N3O5/c1-22-7-6-16-9-10(8-13(16)18)14(19)15-11-4-2-3-5-12(11)17(20)21/h2-5,10H,6-9H2,1H3,(H,15,19). The summed E-state index contributed by atoms with van der Waals surface area (Å²) in [6.45, 7) is 1.14. The van der Waals surface area contributed by atoms with Crippen LogP contribution in [0.5, 0.6) is 0 Å². The number of methoxy groups -OCH3 is 1. The van der Waals surface area contributed by atoms with Gasteiger partial charge in [0.1, 0.15) is 5.69 Å². The topological polar surface area (TPSA) is 102 Å². The van der Waals surface area contributed by atoms with Gasteiger partial charge in [-0.2, -0.15) is 0 Å². The van der Waals surface area contributed by atoms with Crippen LogP contribution in [0.3, 0.4) is 0 Å². The Labute approximate surface area is 127 Å². The molecule has 1 N–H and O–H groups in total. The number of rotatable bonds is 6. The molecule has 8 nitrogen and oxygen atoms in total. The Morgan fingerprint density at radius 2 is 2.23 bits per heavy atom. The van der Waals surface area contributed by atoms with Crippen LogP contribution < -0.4 is 5.32 Å². The van der Waals surface area contributed by atoms with Gasteiger partial charge < -0.3 is 15.0 Å². The molecule has 0 spiro atoms. The molecule has 1 aliphatic heterocycles. The molecule has 22 heavy (non-hydrogen) atoms. The van der Waals surface area contributed by atoms with Gasteiger partial charge in [-0.15, -0.1) is 0 Å². The highest BCUT2D eigenvalue weighted by molar-refractivity contribution is 5.98. The van der Waals surface area contributed by atoms with E-state index in [1.165, 1.54) is 18.2 Å². The third kappa shape index (κ3) is 3.59. The molecule has 0 aliphatic carbocycles. The maximum absolute atomic E-state index is 12.2. The summed E-state index contributed by atoms with van der Waals surface area (Å²) in [4.78, 5) is 35.9. The second-order valence-electron chi connectivity index (χ2n) is 5.00. The number of carbonyl (C=O) groups excluding carboxylic acids is 2. The van der Waals surface area contributed by atoms with Crippen molar-refractivity contribution in [3.05, 3.63) is 34.4 Å². The fourth-order valence-electron chi connectivity index (χ4n) is 2.34. The van der Waals surface area contributed by atoms with Gasteiger partial charge in [-0.3, -0.25) is 19.7 Å². The summed E-state index contributed by atoms with van der Waals surface area (Å²) >= 11 is 0. The summed E-state index contributed by atoms with van der Waals surface area (Å²) in [5, 5.41) is 13.5. The van der Waals surface area contributed by atoms with Crippen LogP contribution in [-0.4, -0.2) is 48.4 Å². The highest BCUT2D eigenvalue weighted by atomic mass is 16.6. The zero-order chi connectivity index (χ0) is 16.1. The molecule has 1 atom stereocenters. The van der Waals surface area contributed by atoms with Crippen LogP contribution in [0, 0.1) is 16.0 Å². The van der Waals surface area contributed by atoms with E-state index in [9.17, 15) is 19.7 Å². The largest absolute Gasteiger partial charge is 0.383 e. The third-order valence-electron chi connectivity index (χ3n) is 3.51. The maximum Gasteiger partial charge on any atom is 0.292 e. The maximum atomic E-state index is 12.2. The van der Waals surface area contributed by atoms with Crippen molar-refractivity contribution in [1.29, 1.82) is 0 Å². The average molecular weight is 307 g/mol. The van der Waals surface area contributed by atoms with Gasteiger partial charge in [0.05, 0.1) is 17.4 Å². The predicted octanol–water partition coefficient (Wildman–Crippen LogP) is 1.03. The summed E-state index contributed by atoms with van der Waals surface area (Å²) in [6.07, 6.45) is 0.107. The normalized spacial score (nSPS) is 17.6. The van der Waals surface area contributed by atoms with Crippen LogP contribution in [0.25, 0.3) is 0 Å². The number of hydrogen-bond donors (Lipinski definition) is 1. The molecule has 118 valence electrons. The second-order valence-corrected chi connectivity index (χ2v) is 5.00. The number of nitrogens with one attached hydrogen (secondary N) is 1. The lowest BCUT2D eigenvalue weighted by molar-refractivity contribution is -0.383. The molecule has 1 aliphatic rings. The van der Waals surface area contributed by atoms with Gasteiger partial charge in [-0.1, -0.05) is 12.1 Å². The molecule has 8 heteroatoms. The van der Waals surface area contributed by atoms with Crippen molar-refractivity contribution in [3.8, 4) is 0 Å². The molecular weight excluding hydrogens is 290 g/mol. The fraction of sp³-hybridized carbons (Fsp3) is 0.429. The molecule has 1 fully saturated rings. The van der Waals surface area contributed by atoms with Gasteiger partial charge in [0.2, 0.25) is 11.8 Å². The first kappa shape index (κ1) is 15.9. The smallest absolute Gasteiger partial charge is 0.292 e. The quantitative estimate of drug-likeness (QED) is 0.624. The Morgan fingerprint density at radius 1 is 1.50 bits per heavy atom. The minimum atomic E-state index is -0.555. The van der Waals surface area contributed by atoms with Crippen molar-refractivity contribution in [1.82, 2.24) is 4.90 Å². The number of nitrogens with zero attached hydrogens (tertiary/aromatic N) is 2. The van der Waals surface area contributed by atoms with E-state index in [4.69, 9.17) is 4.74 Å². The first-order valence-corrected chi connectivity index (χ1v) is 6.84. The monoisotopic (exact) mass is 307 g/mol. The number of anilines is 1. The Kier molecular flexibility index (Phi) is 5.05. The molecule has 1 saturated heterocycles. The molecular formula is C14H17N3O5. The Balaban J connectivity index is 2.02. The summed E-state index contributed by atoms with van der Waals surface area (Å²) < 4.78 is 4.92. The minimum Gasteiger partial charge on any atom is -0.383 e. The van der Waals surface area contributed by atoms with Gasteiger partial charge >= 0.3 is 0 Å². The molecule has 0 bridgehead atoms. The molecule has 2 rings (SSSR count). The Bertz CT molecular complexity index is 590. The lowest BCUT2D eigenvalue weighted by atomic mass is 10.1. The Morgan fingerprint density at radius 3 is 2.91 bits per heavy atom. The number of para-hydroxylation sites is 2. The van der Waals surface area contributed by atoms with E-state index in [0.717, 1.165) is 0 Å². The van der Waals surface area contributed by atoms with Gasteiger partial charge in [0.15, 0.2) is 0 Å². The van der Waals surface area contributed by atoms with Crippen molar-refractivity contribution in [2.24, 2.45) is 5.92 Å². The van der Waals surface area contributed by atoms with Crippen molar-refractivity contribution >= 4 is 23.2 Å². The summed E-state index contributed by atoms with van der Waals surface area (Å²) in [5.41, 5.74) is -0.0308. The van der Waals surface area contributed by atoms with E-state index in [2.05, 4.69) is 5.32 Å². The van der Waals surface area contributed by atoms with Gasteiger partial charge in [0, 0.05) is 32.7 Å². The van der Waals surface area contributed by atoms with Gasteiger partial charge in [0.25, 0.3) is 5.69 Å². The van der Waals surface area contributed by atoms with Crippen molar-refractivity contribution in [2.75, 3.05) is 32.1 Å².